The second-order valence-electron chi connectivity index (χ2n) is 4.50. The minimum atomic E-state index is -0.934. The van der Waals surface area contributed by atoms with Crippen LogP contribution in [-0.2, 0) is 9.53 Å². The highest BCUT2D eigenvalue weighted by Crippen LogP contribution is 2.19. The number of aromatic nitrogens is 2. The molecule has 2 rings (SSSR count). The number of rotatable bonds is 4. The zero-order valence-electron chi connectivity index (χ0n) is 10.9. The van der Waals surface area contributed by atoms with E-state index in [2.05, 4.69) is 9.97 Å². The summed E-state index contributed by atoms with van der Waals surface area (Å²) in [6, 6.07) is -0.739. The Morgan fingerprint density at radius 1 is 1.58 bits per heavy atom. The number of ether oxygens (including phenoxy) is 2. The van der Waals surface area contributed by atoms with Crippen LogP contribution in [0.15, 0.2) is 12.4 Å². The van der Waals surface area contributed by atoms with Gasteiger partial charge in [-0.1, -0.05) is 0 Å². The van der Waals surface area contributed by atoms with Gasteiger partial charge in [0.2, 0.25) is 5.88 Å². The standard InChI is InChI=1S/C12H17N3O4/c1-8(2)19-11-6-13-5-10(14-11)15-3-4-18-7-9(15)12(16)17/h5-6,8-9H,3-4,7H2,1-2H3,(H,16,17). The summed E-state index contributed by atoms with van der Waals surface area (Å²) in [5.41, 5.74) is 0. The molecule has 0 aromatic carbocycles. The minimum Gasteiger partial charge on any atom is -0.480 e. The van der Waals surface area contributed by atoms with Gasteiger partial charge in [-0.05, 0) is 13.8 Å². The van der Waals surface area contributed by atoms with E-state index in [9.17, 15) is 9.90 Å². The number of aliphatic carboxylic acids is 1. The van der Waals surface area contributed by atoms with Crippen LogP contribution in [0, 0.1) is 0 Å². The largest absolute Gasteiger partial charge is 0.480 e. The molecule has 0 saturated carbocycles. The molecule has 19 heavy (non-hydrogen) atoms. The molecule has 0 radical (unpaired) electrons. The summed E-state index contributed by atoms with van der Waals surface area (Å²) in [4.78, 5) is 21.2. The first-order chi connectivity index (χ1) is 9.08. The van der Waals surface area contributed by atoms with Crippen molar-refractivity contribution in [1.82, 2.24) is 9.97 Å². The molecule has 1 atom stereocenters. The van der Waals surface area contributed by atoms with Crippen LogP contribution in [0.3, 0.4) is 0 Å². The normalized spacial score (nSPS) is 19.5. The maximum atomic E-state index is 11.2. The molecule has 7 heteroatoms. The molecule has 2 heterocycles. The monoisotopic (exact) mass is 267 g/mol. The Bertz CT molecular complexity index is 452. The predicted octanol–water partition coefficient (Wildman–Crippen LogP) is 0.554. The van der Waals surface area contributed by atoms with Crippen LogP contribution in [0.25, 0.3) is 0 Å². The van der Waals surface area contributed by atoms with E-state index in [1.54, 1.807) is 4.90 Å². The molecule has 1 aliphatic heterocycles. The van der Waals surface area contributed by atoms with Crippen LogP contribution in [0.2, 0.25) is 0 Å². The Labute approximate surface area is 111 Å². The Hall–Kier alpha value is -1.89. The number of carboxylic acids is 1. The van der Waals surface area contributed by atoms with Gasteiger partial charge < -0.3 is 19.5 Å². The third-order valence-electron chi connectivity index (χ3n) is 2.66. The third kappa shape index (κ3) is 3.31. The summed E-state index contributed by atoms with van der Waals surface area (Å²) >= 11 is 0. The second kappa shape index (κ2) is 5.83. The van der Waals surface area contributed by atoms with E-state index in [-0.39, 0.29) is 12.7 Å². The van der Waals surface area contributed by atoms with E-state index >= 15 is 0 Å². The van der Waals surface area contributed by atoms with Crippen molar-refractivity contribution in [3.05, 3.63) is 12.4 Å². The lowest BCUT2D eigenvalue weighted by molar-refractivity contribution is -0.141. The molecule has 104 valence electrons. The number of carbonyl (C=O) groups is 1. The summed E-state index contributed by atoms with van der Waals surface area (Å²) in [6.45, 7) is 4.87. The second-order valence-corrected chi connectivity index (χ2v) is 4.50. The average molecular weight is 267 g/mol. The maximum absolute atomic E-state index is 11.2. The number of hydrogen-bond donors (Lipinski definition) is 1. The lowest BCUT2D eigenvalue weighted by Crippen LogP contribution is -2.50. The molecule has 1 aromatic heterocycles. The van der Waals surface area contributed by atoms with Gasteiger partial charge in [-0.2, -0.15) is 4.98 Å². The quantitative estimate of drug-likeness (QED) is 0.852. The smallest absolute Gasteiger partial charge is 0.328 e. The first-order valence-electron chi connectivity index (χ1n) is 6.14. The molecule has 1 aliphatic rings. The van der Waals surface area contributed by atoms with E-state index in [0.717, 1.165) is 0 Å². The molecule has 1 saturated heterocycles. The highest BCUT2D eigenvalue weighted by Gasteiger charge is 2.30. The summed E-state index contributed by atoms with van der Waals surface area (Å²) in [5, 5.41) is 9.18. The van der Waals surface area contributed by atoms with E-state index in [4.69, 9.17) is 9.47 Å². The number of anilines is 1. The van der Waals surface area contributed by atoms with Gasteiger partial charge >= 0.3 is 5.97 Å². The fourth-order valence-electron chi connectivity index (χ4n) is 1.86. The summed E-state index contributed by atoms with van der Waals surface area (Å²) < 4.78 is 10.7. The van der Waals surface area contributed by atoms with Crippen molar-refractivity contribution < 1.29 is 19.4 Å². The molecule has 7 nitrogen and oxygen atoms in total. The molecule has 0 amide bonds. The van der Waals surface area contributed by atoms with Crippen molar-refractivity contribution >= 4 is 11.8 Å². The highest BCUT2D eigenvalue weighted by atomic mass is 16.5. The van der Waals surface area contributed by atoms with Crippen molar-refractivity contribution in [3.8, 4) is 5.88 Å². The Balaban J connectivity index is 2.21. The minimum absolute atomic E-state index is 0.00971. The van der Waals surface area contributed by atoms with Gasteiger partial charge in [-0.15, -0.1) is 0 Å². The van der Waals surface area contributed by atoms with E-state index in [1.807, 2.05) is 13.8 Å². The average Bonchev–Trinajstić information content (AvgIpc) is 2.38. The summed E-state index contributed by atoms with van der Waals surface area (Å²) in [5.74, 6) is -0.0475. The van der Waals surface area contributed by atoms with Crippen LogP contribution in [0.5, 0.6) is 5.88 Å². The molecular weight excluding hydrogens is 250 g/mol. The number of morpholine rings is 1. The van der Waals surface area contributed by atoms with Crippen molar-refractivity contribution in [2.75, 3.05) is 24.7 Å². The van der Waals surface area contributed by atoms with Gasteiger partial charge in [0, 0.05) is 6.54 Å². The molecule has 1 fully saturated rings. The maximum Gasteiger partial charge on any atom is 0.328 e. The van der Waals surface area contributed by atoms with Gasteiger partial charge in [-0.25, -0.2) is 4.79 Å². The molecule has 0 spiro atoms. The number of nitrogens with zero attached hydrogens (tertiary/aromatic N) is 3. The molecule has 1 N–H and O–H groups in total. The van der Waals surface area contributed by atoms with Crippen molar-refractivity contribution in [3.63, 3.8) is 0 Å². The summed E-state index contributed by atoms with van der Waals surface area (Å²) in [7, 11) is 0. The van der Waals surface area contributed by atoms with Gasteiger partial charge in [0.25, 0.3) is 0 Å². The van der Waals surface area contributed by atoms with Crippen LogP contribution in [-0.4, -0.2) is 52.9 Å². The Morgan fingerprint density at radius 2 is 2.37 bits per heavy atom. The predicted molar refractivity (Wildman–Crippen MR) is 67.4 cm³/mol. The summed E-state index contributed by atoms with van der Waals surface area (Å²) in [6.07, 6.45) is 3.04. The van der Waals surface area contributed by atoms with Crippen molar-refractivity contribution in [2.24, 2.45) is 0 Å². The molecular formula is C12H17N3O4. The lowest BCUT2D eigenvalue weighted by Gasteiger charge is -2.33. The van der Waals surface area contributed by atoms with Crippen molar-refractivity contribution in [2.45, 2.75) is 26.0 Å². The van der Waals surface area contributed by atoms with Gasteiger partial charge in [-0.3, -0.25) is 4.98 Å². The van der Waals surface area contributed by atoms with Gasteiger partial charge in [0.05, 0.1) is 31.7 Å². The van der Waals surface area contributed by atoms with Gasteiger partial charge in [0.1, 0.15) is 0 Å². The fourth-order valence-corrected chi connectivity index (χ4v) is 1.86. The SMILES string of the molecule is CC(C)Oc1cncc(N2CCOCC2C(=O)O)n1. The third-order valence-corrected chi connectivity index (χ3v) is 2.66. The number of hydrogen-bond acceptors (Lipinski definition) is 6. The topological polar surface area (TPSA) is 84.8 Å². The first-order valence-corrected chi connectivity index (χ1v) is 6.14. The molecule has 0 aliphatic carbocycles. The van der Waals surface area contributed by atoms with E-state index in [0.29, 0.717) is 24.8 Å². The van der Waals surface area contributed by atoms with Crippen LogP contribution >= 0.6 is 0 Å². The van der Waals surface area contributed by atoms with E-state index in [1.165, 1.54) is 12.4 Å². The van der Waals surface area contributed by atoms with Crippen LogP contribution in [0.4, 0.5) is 5.82 Å². The molecule has 1 aromatic rings. The lowest BCUT2D eigenvalue weighted by atomic mass is 10.2. The zero-order valence-corrected chi connectivity index (χ0v) is 10.9. The fraction of sp³-hybridized carbons (Fsp3) is 0.583. The highest BCUT2D eigenvalue weighted by molar-refractivity contribution is 5.78. The molecule has 1 unspecified atom stereocenters. The number of carboxylic acid groups (broad SMARTS) is 1. The van der Waals surface area contributed by atoms with Crippen LogP contribution in [0.1, 0.15) is 13.8 Å². The van der Waals surface area contributed by atoms with E-state index < -0.39 is 12.0 Å². The van der Waals surface area contributed by atoms with Crippen LogP contribution < -0.4 is 9.64 Å². The Morgan fingerprint density at radius 3 is 3.05 bits per heavy atom. The zero-order chi connectivity index (χ0) is 13.8. The van der Waals surface area contributed by atoms with Crippen molar-refractivity contribution in [1.29, 1.82) is 0 Å². The molecule has 0 bridgehead atoms. The van der Waals surface area contributed by atoms with Gasteiger partial charge in [0.15, 0.2) is 11.9 Å². The Kier molecular flexibility index (Phi) is 4.16. The first kappa shape index (κ1) is 13.5.